The highest BCUT2D eigenvalue weighted by Crippen LogP contribution is 2.43. The van der Waals surface area contributed by atoms with Gasteiger partial charge in [-0.3, -0.25) is 9.36 Å². The van der Waals surface area contributed by atoms with Gasteiger partial charge in [0.2, 0.25) is 0 Å². The number of aromatic nitrogens is 2. The van der Waals surface area contributed by atoms with Crippen molar-refractivity contribution in [3.63, 3.8) is 0 Å². The molecule has 7 nitrogen and oxygen atoms in total. The number of nitrogens with zero attached hydrogens (tertiary/aromatic N) is 2. The fourth-order valence-corrected chi connectivity index (χ4v) is 3.79. The maximum absolute atomic E-state index is 12.2. The number of carbonyl (C=O) groups excluding carboxylic acids is 1. The van der Waals surface area contributed by atoms with Gasteiger partial charge in [0.15, 0.2) is 5.65 Å². The van der Waals surface area contributed by atoms with E-state index in [1.165, 1.54) is 0 Å². The Balaban J connectivity index is 2.23. The predicted molar refractivity (Wildman–Crippen MR) is 99.1 cm³/mol. The summed E-state index contributed by atoms with van der Waals surface area (Å²) >= 11 is 0. The number of benzene rings is 1. The van der Waals surface area contributed by atoms with Gasteiger partial charge in [-0.2, -0.15) is 0 Å². The van der Waals surface area contributed by atoms with E-state index >= 15 is 0 Å². The van der Waals surface area contributed by atoms with Crippen LogP contribution in [0, 0.1) is 20.8 Å². The van der Waals surface area contributed by atoms with Crippen molar-refractivity contribution in [2.75, 3.05) is 12.3 Å². The van der Waals surface area contributed by atoms with E-state index in [0.717, 1.165) is 23.2 Å². The Morgan fingerprint density at radius 1 is 1.31 bits per heavy atom. The van der Waals surface area contributed by atoms with Gasteiger partial charge in [-0.15, -0.1) is 0 Å². The SMILES string of the molecule is Cc1ccc(O)c(C)c1-n1c(N)c(C(N)=O)c2c3c(c(C)nc21)CCO3. The first-order valence-electron chi connectivity index (χ1n) is 8.38. The minimum Gasteiger partial charge on any atom is -0.508 e. The van der Waals surface area contributed by atoms with Crippen LogP contribution in [0.1, 0.15) is 32.7 Å². The molecule has 7 heteroatoms. The molecule has 0 saturated carbocycles. The average molecular weight is 352 g/mol. The number of phenols is 1. The molecule has 0 fully saturated rings. The predicted octanol–water partition coefficient (Wildman–Crippen LogP) is 2.27. The monoisotopic (exact) mass is 352 g/mol. The van der Waals surface area contributed by atoms with E-state index < -0.39 is 5.91 Å². The number of rotatable bonds is 2. The van der Waals surface area contributed by atoms with Crippen molar-refractivity contribution in [2.24, 2.45) is 5.73 Å². The van der Waals surface area contributed by atoms with Gasteiger partial charge in [-0.05, 0) is 32.4 Å². The smallest absolute Gasteiger partial charge is 0.253 e. The standard InChI is InChI=1S/C19H20N4O3/c1-8-4-5-12(24)9(2)15(8)23-17(20)14(18(21)25)13-16-11(6-7-26-16)10(3)22-19(13)23/h4-5,24H,6-7,20H2,1-3H3,(H2,21,25). The number of nitrogen functional groups attached to an aromatic ring is 1. The zero-order chi connectivity index (χ0) is 18.7. The lowest BCUT2D eigenvalue weighted by Gasteiger charge is -2.15. The van der Waals surface area contributed by atoms with Crippen LogP contribution in [-0.4, -0.2) is 27.2 Å². The maximum atomic E-state index is 12.2. The third kappa shape index (κ3) is 2.00. The zero-order valence-electron chi connectivity index (χ0n) is 14.9. The summed E-state index contributed by atoms with van der Waals surface area (Å²) in [6.07, 6.45) is 0.734. The first kappa shape index (κ1) is 16.3. The molecule has 1 aliphatic rings. The lowest BCUT2D eigenvalue weighted by Crippen LogP contribution is -2.14. The van der Waals surface area contributed by atoms with Crippen LogP contribution in [0.15, 0.2) is 12.1 Å². The minimum absolute atomic E-state index is 0.140. The second-order valence-electron chi connectivity index (χ2n) is 6.64. The van der Waals surface area contributed by atoms with Crippen molar-refractivity contribution in [2.45, 2.75) is 27.2 Å². The summed E-state index contributed by atoms with van der Waals surface area (Å²) in [7, 11) is 0. The van der Waals surface area contributed by atoms with E-state index in [9.17, 15) is 9.90 Å². The number of amides is 1. The molecule has 1 amide bonds. The Morgan fingerprint density at radius 3 is 2.73 bits per heavy atom. The minimum atomic E-state index is -0.634. The second kappa shape index (κ2) is 5.39. The molecule has 0 radical (unpaired) electrons. The molecule has 0 bridgehead atoms. The molecule has 134 valence electrons. The topological polar surface area (TPSA) is 116 Å². The molecule has 5 N–H and O–H groups in total. The van der Waals surface area contributed by atoms with Crippen LogP contribution in [0.4, 0.5) is 5.82 Å². The van der Waals surface area contributed by atoms with Crippen LogP contribution in [-0.2, 0) is 6.42 Å². The van der Waals surface area contributed by atoms with Crippen LogP contribution in [0.3, 0.4) is 0 Å². The Kier molecular flexibility index (Phi) is 3.37. The molecule has 3 heterocycles. The van der Waals surface area contributed by atoms with E-state index in [-0.39, 0.29) is 17.1 Å². The summed E-state index contributed by atoms with van der Waals surface area (Å²) in [5.41, 5.74) is 16.7. The number of aryl methyl sites for hydroxylation is 2. The number of anilines is 1. The lowest BCUT2D eigenvalue weighted by molar-refractivity contribution is 0.100. The molecular formula is C19H20N4O3. The van der Waals surface area contributed by atoms with Gasteiger partial charge < -0.3 is 21.3 Å². The van der Waals surface area contributed by atoms with Crippen LogP contribution >= 0.6 is 0 Å². The number of primary amides is 1. The summed E-state index contributed by atoms with van der Waals surface area (Å²) in [5, 5.41) is 10.7. The number of pyridine rings is 1. The van der Waals surface area contributed by atoms with Crippen molar-refractivity contribution < 1.29 is 14.6 Å². The normalized spacial score (nSPS) is 13.0. The average Bonchev–Trinajstić information content (AvgIpc) is 3.16. The molecule has 0 saturated heterocycles. The molecule has 0 unspecified atom stereocenters. The number of hydrogen-bond acceptors (Lipinski definition) is 5. The van der Waals surface area contributed by atoms with Crippen molar-refractivity contribution in [3.05, 3.63) is 40.1 Å². The van der Waals surface area contributed by atoms with Gasteiger partial charge in [0.1, 0.15) is 17.3 Å². The Labute approximate surface area is 150 Å². The molecule has 2 aromatic heterocycles. The van der Waals surface area contributed by atoms with E-state index in [1.54, 1.807) is 23.6 Å². The van der Waals surface area contributed by atoms with Gasteiger partial charge >= 0.3 is 0 Å². The molecule has 4 rings (SSSR count). The van der Waals surface area contributed by atoms with Crippen molar-refractivity contribution in [3.8, 4) is 17.2 Å². The van der Waals surface area contributed by atoms with E-state index in [4.69, 9.17) is 21.2 Å². The van der Waals surface area contributed by atoms with Gasteiger partial charge in [0.05, 0.1) is 23.2 Å². The quantitative estimate of drug-likeness (QED) is 0.654. The molecule has 26 heavy (non-hydrogen) atoms. The van der Waals surface area contributed by atoms with Crippen LogP contribution < -0.4 is 16.2 Å². The fourth-order valence-electron chi connectivity index (χ4n) is 3.79. The van der Waals surface area contributed by atoms with E-state index in [2.05, 4.69) is 0 Å². The number of aromatic hydroxyl groups is 1. The van der Waals surface area contributed by atoms with E-state index in [0.29, 0.717) is 34.6 Å². The zero-order valence-corrected chi connectivity index (χ0v) is 14.9. The number of phenolic OH excluding ortho intramolecular Hbond substituents is 1. The second-order valence-corrected chi connectivity index (χ2v) is 6.64. The Hall–Kier alpha value is -3.22. The number of nitrogens with two attached hydrogens (primary N) is 2. The van der Waals surface area contributed by atoms with Gasteiger partial charge in [-0.25, -0.2) is 4.98 Å². The highest BCUT2D eigenvalue weighted by Gasteiger charge is 2.30. The summed E-state index contributed by atoms with van der Waals surface area (Å²) in [6.45, 7) is 6.15. The third-order valence-electron chi connectivity index (χ3n) is 5.07. The van der Waals surface area contributed by atoms with Crippen molar-refractivity contribution in [1.82, 2.24) is 9.55 Å². The molecule has 1 aromatic carbocycles. The third-order valence-corrected chi connectivity index (χ3v) is 5.07. The number of carbonyl (C=O) groups is 1. The van der Waals surface area contributed by atoms with Crippen molar-refractivity contribution in [1.29, 1.82) is 0 Å². The highest BCUT2D eigenvalue weighted by molar-refractivity contribution is 6.13. The van der Waals surface area contributed by atoms with Crippen molar-refractivity contribution >= 4 is 22.8 Å². The highest BCUT2D eigenvalue weighted by atomic mass is 16.5. The fraction of sp³-hybridized carbons (Fsp3) is 0.263. The largest absolute Gasteiger partial charge is 0.508 e. The number of ether oxygens (including phenoxy) is 1. The van der Waals surface area contributed by atoms with Gasteiger partial charge in [-0.1, -0.05) is 6.07 Å². The van der Waals surface area contributed by atoms with Crippen LogP contribution in [0.25, 0.3) is 16.7 Å². The van der Waals surface area contributed by atoms with Crippen LogP contribution in [0.2, 0.25) is 0 Å². The Morgan fingerprint density at radius 2 is 2.04 bits per heavy atom. The molecule has 0 spiro atoms. The van der Waals surface area contributed by atoms with Gasteiger partial charge in [0, 0.05) is 23.2 Å². The Bertz CT molecular complexity index is 1100. The molecular weight excluding hydrogens is 332 g/mol. The van der Waals surface area contributed by atoms with Crippen LogP contribution in [0.5, 0.6) is 11.5 Å². The molecule has 0 aliphatic carbocycles. The number of fused-ring (bicyclic) bond motifs is 3. The lowest BCUT2D eigenvalue weighted by atomic mass is 10.1. The number of hydrogen-bond donors (Lipinski definition) is 3. The van der Waals surface area contributed by atoms with E-state index in [1.807, 2.05) is 13.8 Å². The molecule has 3 aromatic rings. The van der Waals surface area contributed by atoms with Gasteiger partial charge in [0.25, 0.3) is 5.91 Å². The summed E-state index contributed by atoms with van der Waals surface area (Å²) in [4.78, 5) is 16.9. The summed E-state index contributed by atoms with van der Waals surface area (Å²) < 4.78 is 7.50. The molecule has 0 atom stereocenters. The maximum Gasteiger partial charge on any atom is 0.253 e. The first-order chi connectivity index (χ1) is 12.3. The summed E-state index contributed by atoms with van der Waals surface area (Å²) in [6, 6.07) is 3.42. The molecule has 1 aliphatic heterocycles. The summed E-state index contributed by atoms with van der Waals surface area (Å²) in [5.74, 6) is 0.328. The first-order valence-corrected chi connectivity index (χ1v) is 8.38.